The Labute approximate surface area is 223 Å². The van der Waals surface area contributed by atoms with Gasteiger partial charge in [0.05, 0.1) is 0 Å². The van der Waals surface area contributed by atoms with E-state index in [0.717, 1.165) is 31.6 Å². The topological polar surface area (TPSA) is 111 Å². The Hall–Kier alpha value is -3.72. The molecule has 2 heterocycles. The Kier molecular flexibility index (Phi) is 7.74. The van der Waals surface area contributed by atoms with Crippen LogP contribution in [0.1, 0.15) is 55.4 Å². The number of nitrogens with one attached hydrogen (secondary N) is 1. The molecule has 3 aromatic rings. The monoisotopic (exact) mass is 520 g/mol. The zero-order valence-electron chi connectivity index (χ0n) is 22.0. The minimum atomic E-state index is -0.309. The molecule has 9 heteroatoms. The maximum atomic E-state index is 13.0. The highest BCUT2D eigenvalue weighted by Crippen LogP contribution is 2.43. The molecule has 38 heavy (non-hydrogen) atoms. The third kappa shape index (κ3) is 5.88. The molecule has 9 nitrogen and oxygen atoms in total. The molecule has 1 saturated carbocycles. The number of aromatic hydroxyl groups is 2. The van der Waals surface area contributed by atoms with Crippen molar-refractivity contribution in [2.75, 3.05) is 32.1 Å². The first kappa shape index (κ1) is 25.9. The number of aromatic nitrogens is 1. The van der Waals surface area contributed by atoms with Gasteiger partial charge in [-0.3, -0.25) is 4.79 Å². The molecule has 0 bridgehead atoms. The maximum absolute atomic E-state index is 13.0. The van der Waals surface area contributed by atoms with Gasteiger partial charge in [-0.2, -0.15) is 0 Å². The summed E-state index contributed by atoms with van der Waals surface area (Å²) in [5.74, 6) is 0.138. The lowest BCUT2D eigenvalue weighted by Crippen LogP contribution is -2.48. The fraction of sp³-hybridized carbons (Fsp3) is 0.448. The van der Waals surface area contributed by atoms with Gasteiger partial charge in [0.1, 0.15) is 28.6 Å². The molecule has 0 spiro atoms. The summed E-state index contributed by atoms with van der Waals surface area (Å²) in [7, 11) is 3.89. The summed E-state index contributed by atoms with van der Waals surface area (Å²) in [6, 6.07) is 12.2. The van der Waals surface area contributed by atoms with Crippen molar-refractivity contribution < 1.29 is 24.3 Å². The van der Waals surface area contributed by atoms with Crippen LogP contribution in [0.3, 0.4) is 0 Å². The number of ether oxygens (including phenoxy) is 1. The Morgan fingerprint density at radius 1 is 1.03 bits per heavy atom. The molecule has 1 aliphatic heterocycles. The van der Waals surface area contributed by atoms with Crippen LogP contribution >= 0.6 is 0 Å². The summed E-state index contributed by atoms with van der Waals surface area (Å²) in [5.41, 5.74) is 1.33. The molecule has 2 fully saturated rings. The van der Waals surface area contributed by atoms with Crippen molar-refractivity contribution in [2.45, 2.75) is 57.0 Å². The predicted octanol–water partition coefficient (Wildman–Crippen LogP) is 5.14. The van der Waals surface area contributed by atoms with Gasteiger partial charge in [0, 0.05) is 63.2 Å². The van der Waals surface area contributed by atoms with Gasteiger partial charge in [0.25, 0.3) is 5.91 Å². The largest absolute Gasteiger partial charge is 0.508 e. The Morgan fingerprint density at radius 2 is 1.74 bits per heavy atom. The third-order valence-corrected chi connectivity index (χ3v) is 7.59. The average molecular weight is 521 g/mol. The summed E-state index contributed by atoms with van der Waals surface area (Å²) in [6.07, 6.45) is 8.39. The SMILES string of the molecule is CN(C)c1ccc(Oc2cc(O)cc(O)c2-c2cc(C(=O)NC3CCN(C4CCCCC4)CC3)no2)cc1. The Bertz CT molecular complexity index is 1240. The van der Waals surface area contributed by atoms with E-state index in [-0.39, 0.29) is 46.2 Å². The van der Waals surface area contributed by atoms with Gasteiger partial charge < -0.3 is 34.6 Å². The predicted molar refractivity (Wildman–Crippen MR) is 145 cm³/mol. The molecule has 1 saturated heterocycles. The van der Waals surface area contributed by atoms with E-state index in [9.17, 15) is 15.0 Å². The maximum Gasteiger partial charge on any atom is 0.273 e. The molecule has 202 valence electrons. The summed E-state index contributed by atoms with van der Waals surface area (Å²) < 4.78 is 11.4. The lowest BCUT2D eigenvalue weighted by molar-refractivity contribution is 0.0857. The number of amides is 1. The standard InChI is InChI=1S/C29H36N4O5/c1-32(2)20-8-10-23(11-9-20)37-26-17-22(34)16-25(35)28(26)27-18-24(31-38-27)29(36)30-19-12-14-33(15-13-19)21-6-4-3-5-7-21/h8-11,16-19,21,34-35H,3-7,12-15H2,1-2H3,(H,30,36). The van der Waals surface area contributed by atoms with Gasteiger partial charge in [0.15, 0.2) is 11.5 Å². The van der Waals surface area contributed by atoms with Crippen molar-refractivity contribution in [3.63, 3.8) is 0 Å². The third-order valence-electron chi connectivity index (χ3n) is 7.59. The molecular weight excluding hydrogens is 484 g/mol. The molecule has 0 radical (unpaired) electrons. The highest BCUT2D eigenvalue weighted by molar-refractivity contribution is 5.93. The van der Waals surface area contributed by atoms with Gasteiger partial charge in [-0.05, 0) is 49.9 Å². The molecule has 2 aliphatic rings. The number of hydrogen-bond acceptors (Lipinski definition) is 8. The number of carbonyl (C=O) groups is 1. The molecule has 0 unspecified atom stereocenters. The second-order valence-electron chi connectivity index (χ2n) is 10.5. The first-order valence-electron chi connectivity index (χ1n) is 13.4. The van der Waals surface area contributed by atoms with Gasteiger partial charge in [0.2, 0.25) is 0 Å². The fourth-order valence-corrected chi connectivity index (χ4v) is 5.47. The van der Waals surface area contributed by atoms with Crippen molar-refractivity contribution in [3.8, 4) is 34.3 Å². The van der Waals surface area contributed by atoms with Crippen LogP contribution in [0.25, 0.3) is 11.3 Å². The van der Waals surface area contributed by atoms with Crippen LogP contribution in [0, 0.1) is 0 Å². The number of hydrogen-bond donors (Lipinski definition) is 3. The van der Waals surface area contributed by atoms with E-state index >= 15 is 0 Å². The smallest absolute Gasteiger partial charge is 0.273 e. The fourth-order valence-electron chi connectivity index (χ4n) is 5.47. The van der Waals surface area contributed by atoms with Crippen LogP contribution in [-0.4, -0.2) is 65.4 Å². The summed E-state index contributed by atoms with van der Waals surface area (Å²) in [5, 5.41) is 27.7. The number of phenols is 2. The molecular formula is C29H36N4O5. The van der Waals surface area contributed by atoms with Gasteiger partial charge >= 0.3 is 0 Å². The minimum absolute atomic E-state index is 0.0913. The zero-order valence-corrected chi connectivity index (χ0v) is 22.0. The van der Waals surface area contributed by atoms with Crippen LogP contribution in [0.2, 0.25) is 0 Å². The molecule has 2 aromatic carbocycles. The molecule has 0 atom stereocenters. The second kappa shape index (κ2) is 11.3. The number of piperidine rings is 1. The summed E-state index contributed by atoms with van der Waals surface area (Å²) >= 11 is 0. The summed E-state index contributed by atoms with van der Waals surface area (Å²) in [6.45, 7) is 1.99. The van der Waals surface area contributed by atoms with Crippen molar-refractivity contribution in [2.24, 2.45) is 0 Å². The molecule has 1 aliphatic carbocycles. The van der Waals surface area contributed by atoms with E-state index in [1.54, 1.807) is 12.1 Å². The zero-order chi connectivity index (χ0) is 26.6. The van der Waals surface area contributed by atoms with Crippen molar-refractivity contribution in [1.29, 1.82) is 0 Å². The Balaban J connectivity index is 1.26. The Morgan fingerprint density at radius 3 is 2.42 bits per heavy atom. The molecule has 1 aromatic heterocycles. The number of likely N-dealkylation sites (tertiary alicyclic amines) is 1. The first-order valence-corrected chi connectivity index (χ1v) is 13.4. The second-order valence-corrected chi connectivity index (χ2v) is 10.5. The van der Waals surface area contributed by atoms with E-state index in [1.807, 2.05) is 31.1 Å². The minimum Gasteiger partial charge on any atom is -0.508 e. The van der Waals surface area contributed by atoms with Crippen LogP contribution < -0.4 is 15.0 Å². The van der Waals surface area contributed by atoms with E-state index in [4.69, 9.17) is 9.26 Å². The van der Waals surface area contributed by atoms with Crippen LogP contribution in [0.4, 0.5) is 5.69 Å². The van der Waals surface area contributed by atoms with Crippen molar-refractivity contribution in [3.05, 3.63) is 48.2 Å². The van der Waals surface area contributed by atoms with Gasteiger partial charge in [-0.25, -0.2) is 0 Å². The summed E-state index contributed by atoms with van der Waals surface area (Å²) in [4.78, 5) is 17.5. The highest BCUT2D eigenvalue weighted by Gasteiger charge is 2.28. The lowest BCUT2D eigenvalue weighted by Gasteiger charge is -2.39. The number of phenolic OH excluding ortho intramolecular Hbond substituents is 2. The lowest BCUT2D eigenvalue weighted by atomic mass is 9.92. The quantitative estimate of drug-likeness (QED) is 0.393. The number of benzene rings is 2. The number of carbonyl (C=O) groups excluding carboxylic acids is 1. The normalized spacial score (nSPS) is 17.3. The first-order chi connectivity index (χ1) is 18.4. The number of rotatable bonds is 7. The van der Waals surface area contributed by atoms with Gasteiger partial charge in [-0.1, -0.05) is 24.4 Å². The molecule has 5 rings (SSSR count). The average Bonchev–Trinajstić information content (AvgIpc) is 3.39. The molecule has 1 amide bonds. The molecule has 3 N–H and O–H groups in total. The van der Waals surface area contributed by atoms with Gasteiger partial charge in [-0.15, -0.1) is 0 Å². The van der Waals surface area contributed by atoms with E-state index < -0.39 is 0 Å². The van der Waals surface area contributed by atoms with Crippen molar-refractivity contribution in [1.82, 2.24) is 15.4 Å². The van der Waals surface area contributed by atoms with E-state index in [2.05, 4.69) is 15.4 Å². The highest BCUT2D eigenvalue weighted by atomic mass is 16.5. The number of nitrogens with zero attached hydrogens (tertiary/aromatic N) is 3. The van der Waals surface area contributed by atoms with E-state index in [1.165, 1.54) is 50.3 Å². The van der Waals surface area contributed by atoms with Crippen LogP contribution in [-0.2, 0) is 0 Å². The van der Waals surface area contributed by atoms with Crippen LogP contribution in [0.5, 0.6) is 23.0 Å². The van der Waals surface area contributed by atoms with Crippen molar-refractivity contribution >= 4 is 11.6 Å². The van der Waals surface area contributed by atoms with E-state index in [0.29, 0.717) is 11.8 Å². The number of anilines is 1. The van der Waals surface area contributed by atoms with Crippen LogP contribution in [0.15, 0.2) is 47.0 Å².